The number of hydrogen-bond acceptors (Lipinski definition) is 8. The van der Waals surface area contributed by atoms with Crippen molar-refractivity contribution in [3.8, 4) is 22.6 Å². The van der Waals surface area contributed by atoms with Gasteiger partial charge in [-0.25, -0.2) is 9.97 Å². The van der Waals surface area contributed by atoms with Gasteiger partial charge in [0.15, 0.2) is 0 Å². The third kappa shape index (κ3) is 3.66. The summed E-state index contributed by atoms with van der Waals surface area (Å²) in [5.41, 5.74) is 7.14. The van der Waals surface area contributed by atoms with E-state index in [-0.39, 0.29) is 11.9 Å². The molecule has 4 aromatic heterocycles. The first-order chi connectivity index (χ1) is 16.5. The standard InChI is InChI=1S/C24H21N7O2S/c1-13-3-4-16(22-29-24(33-30-22)18-7-14(2)27-18)8-17(13)28-23(32)20-10-25-21-9-15(5-6-31(20)21)19-11-34-12-26-19/h3-6,8-12,14,18,27H,7H2,1-2H3,(H,28,32)/t14-,18-/m0/s1. The highest BCUT2D eigenvalue weighted by molar-refractivity contribution is 7.07. The van der Waals surface area contributed by atoms with Crippen LogP contribution in [-0.4, -0.2) is 36.5 Å². The molecule has 0 unspecified atom stereocenters. The number of aromatic nitrogens is 5. The molecule has 0 radical (unpaired) electrons. The third-order valence-corrected chi connectivity index (χ3v) is 6.62. The minimum absolute atomic E-state index is 0.104. The molecule has 0 spiro atoms. The Labute approximate surface area is 198 Å². The molecule has 10 heteroatoms. The summed E-state index contributed by atoms with van der Waals surface area (Å²) in [5.74, 6) is 0.828. The molecule has 1 aromatic carbocycles. The molecule has 1 aliphatic heterocycles. The number of nitrogens with one attached hydrogen (secondary N) is 2. The number of hydrogen-bond donors (Lipinski definition) is 2. The number of pyridine rings is 1. The van der Waals surface area contributed by atoms with Gasteiger partial charge in [0.05, 0.1) is 23.4 Å². The SMILES string of the molecule is Cc1ccc(-c2noc([C@@H]3C[C@H](C)N3)n2)cc1NC(=O)c1cnc2cc(-c3cscn3)ccn12. The van der Waals surface area contributed by atoms with Gasteiger partial charge in [-0.2, -0.15) is 4.98 Å². The largest absolute Gasteiger partial charge is 0.337 e. The van der Waals surface area contributed by atoms with Gasteiger partial charge in [-0.05, 0) is 44.0 Å². The molecule has 34 heavy (non-hydrogen) atoms. The second-order valence-electron chi connectivity index (χ2n) is 8.46. The third-order valence-electron chi connectivity index (χ3n) is 6.03. The van der Waals surface area contributed by atoms with Gasteiger partial charge in [-0.3, -0.25) is 9.20 Å². The smallest absolute Gasteiger partial charge is 0.274 e. The van der Waals surface area contributed by atoms with E-state index in [4.69, 9.17) is 4.52 Å². The lowest BCUT2D eigenvalue weighted by Crippen LogP contribution is -2.43. The summed E-state index contributed by atoms with van der Waals surface area (Å²) in [6.45, 7) is 4.06. The Balaban J connectivity index is 1.25. The fraction of sp³-hybridized carbons (Fsp3) is 0.208. The second kappa shape index (κ2) is 8.15. The Morgan fingerprint density at radius 1 is 1.24 bits per heavy atom. The van der Waals surface area contributed by atoms with Gasteiger partial charge >= 0.3 is 0 Å². The number of rotatable bonds is 5. The van der Waals surface area contributed by atoms with Gasteiger partial charge in [0.2, 0.25) is 11.7 Å². The fourth-order valence-corrected chi connectivity index (χ4v) is 4.64. The predicted molar refractivity (Wildman–Crippen MR) is 129 cm³/mol. The molecule has 5 heterocycles. The molecular formula is C24H21N7O2S. The average Bonchev–Trinajstić information content (AvgIpc) is 3.58. The Bertz CT molecular complexity index is 1500. The Morgan fingerprint density at radius 3 is 2.91 bits per heavy atom. The minimum atomic E-state index is -0.254. The Morgan fingerprint density at radius 2 is 2.12 bits per heavy atom. The van der Waals surface area contributed by atoms with Crippen LogP contribution in [0.4, 0.5) is 5.69 Å². The van der Waals surface area contributed by atoms with Gasteiger partial charge in [-0.15, -0.1) is 11.3 Å². The molecule has 1 amide bonds. The Hall–Kier alpha value is -3.89. The molecule has 6 rings (SSSR count). The van der Waals surface area contributed by atoms with Crippen LogP contribution in [0.5, 0.6) is 0 Å². The highest BCUT2D eigenvalue weighted by Gasteiger charge is 2.30. The van der Waals surface area contributed by atoms with E-state index >= 15 is 0 Å². The summed E-state index contributed by atoms with van der Waals surface area (Å²) in [5, 5.41) is 12.5. The summed E-state index contributed by atoms with van der Waals surface area (Å²) in [6.07, 6.45) is 4.39. The molecule has 1 fully saturated rings. The number of fused-ring (bicyclic) bond motifs is 1. The quantitative estimate of drug-likeness (QED) is 0.388. The molecule has 2 atom stereocenters. The topological polar surface area (TPSA) is 110 Å². The van der Waals surface area contributed by atoms with Crippen molar-refractivity contribution in [2.45, 2.75) is 32.4 Å². The van der Waals surface area contributed by atoms with Gasteiger partial charge in [-0.1, -0.05) is 17.3 Å². The van der Waals surface area contributed by atoms with Crippen molar-refractivity contribution in [3.63, 3.8) is 0 Å². The van der Waals surface area contributed by atoms with Crippen molar-refractivity contribution >= 4 is 28.6 Å². The van der Waals surface area contributed by atoms with Gasteiger partial charge in [0, 0.05) is 34.4 Å². The number of amides is 1. The zero-order chi connectivity index (χ0) is 23.2. The van der Waals surface area contributed by atoms with E-state index in [1.807, 2.05) is 48.8 Å². The normalized spacial score (nSPS) is 17.6. The van der Waals surface area contributed by atoms with Crippen LogP contribution in [-0.2, 0) is 0 Å². The number of carbonyl (C=O) groups excluding carboxylic acids is 1. The van der Waals surface area contributed by atoms with Crippen LogP contribution >= 0.6 is 11.3 Å². The molecular weight excluding hydrogens is 450 g/mol. The molecule has 9 nitrogen and oxygen atoms in total. The fourth-order valence-electron chi connectivity index (χ4n) is 4.08. The highest BCUT2D eigenvalue weighted by Crippen LogP contribution is 2.29. The maximum absolute atomic E-state index is 13.1. The van der Waals surface area contributed by atoms with E-state index in [2.05, 4.69) is 37.7 Å². The maximum atomic E-state index is 13.1. The zero-order valence-electron chi connectivity index (χ0n) is 18.5. The van der Waals surface area contributed by atoms with Crippen LogP contribution in [0.15, 0.2) is 58.1 Å². The number of aryl methyl sites for hydroxylation is 1. The van der Waals surface area contributed by atoms with Gasteiger partial charge in [0.1, 0.15) is 11.3 Å². The van der Waals surface area contributed by atoms with E-state index in [1.54, 1.807) is 16.1 Å². The summed E-state index contributed by atoms with van der Waals surface area (Å²) < 4.78 is 7.21. The van der Waals surface area contributed by atoms with Crippen LogP contribution in [0.2, 0.25) is 0 Å². The average molecular weight is 472 g/mol. The summed E-state index contributed by atoms with van der Waals surface area (Å²) in [4.78, 5) is 26.4. The lowest BCUT2D eigenvalue weighted by atomic mass is 9.99. The first-order valence-corrected chi connectivity index (χ1v) is 11.9. The number of anilines is 1. The van der Waals surface area contributed by atoms with Gasteiger partial charge in [0.25, 0.3) is 5.91 Å². The Kier molecular flexibility index (Phi) is 4.96. The van der Waals surface area contributed by atoms with Crippen LogP contribution in [0.25, 0.3) is 28.3 Å². The molecule has 1 aliphatic rings. The molecule has 0 bridgehead atoms. The van der Waals surface area contributed by atoms with Crippen molar-refractivity contribution in [2.75, 3.05) is 5.32 Å². The molecule has 0 aliphatic carbocycles. The summed E-state index contributed by atoms with van der Waals surface area (Å²) in [7, 11) is 0. The number of benzene rings is 1. The number of thiazole rings is 1. The van der Waals surface area contributed by atoms with Crippen LogP contribution in [0, 0.1) is 6.92 Å². The van der Waals surface area contributed by atoms with Crippen molar-refractivity contribution < 1.29 is 9.32 Å². The lowest BCUT2D eigenvalue weighted by molar-refractivity contribution is 0.102. The second-order valence-corrected chi connectivity index (χ2v) is 9.18. The van der Waals surface area contributed by atoms with Crippen molar-refractivity contribution in [1.29, 1.82) is 0 Å². The van der Waals surface area contributed by atoms with E-state index in [9.17, 15) is 4.79 Å². The first-order valence-electron chi connectivity index (χ1n) is 10.9. The predicted octanol–water partition coefficient (Wildman–Crippen LogP) is 4.49. The van der Waals surface area contributed by atoms with Crippen LogP contribution in [0.1, 0.15) is 41.3 Å². The van der Waals surface area contributed by atoms with Crippen LogP contribution < -0.4 is 10.6 Å². The number of carbonyl (C=O) groups is 1. The monoisotopic (exact) mass is 471 g/mol. The summed E-state index contributed by atoms with van der Waals surface area (Å²) >= 11 is 1.54. The van der Waals surface area contributed by atoms with Crippen molar-refractivity contribution in [3.05, 3.63) is 70.8 Å². The molecule has 0 saturated carbocycles. The van der Waals surface area contributed by atoms with Crippen molar-refractivity contribution in [1.82, 2.24) is 29.8 Å². The highest BCUT2D eigenvalue weighted by atomic mass is 32.1. The first kappa shape index (κ1) is 20.7. The van der Waals surface area contributed by atoms with Gasteiger partial charge < -0.3 is 15.2 Å². The maximum Gasteiger partial charge on any atom is 0.274 e. The van der Waals surface area contributed by atoms with E-state index < -0.39 is 0 Å². The molecule has 5 aromatic rings. The minimum Gasteiger partial charge on any atom is -0.337 e. The van der Waals surface area contributed by atoms with Crippen LogP contribution in [0.3, 0.4) is 0 Å². The summed E-state index contributed by atoms with van der Waals surface area (Å²) in [6, 6.07) is 10.1. The molecule has 170 valence electrons. The molecule has 1 saturated heterocycles. The number of nitrogens with zero attached hydrogens (tertiary/aromatic N) is 5. The molecule has 2 N–H and O–H groups in total. The number of imidazole rings is 1. The van der Waals surface area contributed by atoms with E-state index in [0.29, 0.717) is 34.8 Å². The van der Waals surface area contributed by atoms with Crippen molar-refractivity contribution in [2.24, 2.45) is 0 Å². The van der Waals surface area contributed by atoms with E-state index in [0.717, 1.165) is 28.8 Å². The lowest BCUT2D eigenvalue weighted by Gasteiger charge is -2.31. The zero-order valence-corrected chi connectivity index (χ0v) is 19.3. The van der Waals surface area contributed by atoms with E-state index in [1.165, 1.54) is 11.3 Å².